The van der Waals surface area contributed by atoms with Crippen molar-refractivity contribution in [2.75, 3.05) is 6.61 Å². The van der Waals surface area contributed by atoms with E-state index in [-0.39, 0.29) is 6.10 Å². The lowest BCUT2D eigenvalue weighted by Gasteiger charge is -2.18. The SMILES string of the molecule is CC(C)CCO[C@H]1c2cccc3cccc(c23)[C@@H]1O. The summed E-state index contributed by atoms with van der Waals surface area (Å²) in [5, 5.41) is 12.8. The molecule has 100 valence electrons. The fourth-order valence-electron chi connectivity index (χ4n) is 2.83. The van der Waals surface area contributed by atoms with Gasteiger partial charge in [0.2, 0.25) is 0 Å². The molecule has 0 radical (unpaired) electrons. The van der Waals surface area contributed by atoms with E-state index < -0.39 is 6.10 Å². The highest BCUT2D eigenvalue weighted by atomic mass is 16.5. The van der Waals surface area contributed by atoms with Crippen molar-refractivity contribution in [3.05, 3.63) is 47.5 Å². The largest absolute Gasteiger partial charge is 0.385 e. The van der Waals surface area contributed by atoms with Crippen LogP contribution in [0.1, 0.15) is 43.6 Å². The van der Waals surface area contributed by atoms with Gasteiger partial charge in [-0.1, -0.05) is 50.2 Å². The van der Waals surface area contributed by atoms with Gasteiger partial charge in [0.15, 0.2) is 0 Å². The van der Waals surface area contributed by atoms with Gasteiger partial charge in [-0.2, -0.15) is 0 Å². The molecule has 0 aromatic heterocycles. The molecular weight excluding hydrogens is 236 g/mol. The molecule has 0 spiro atoms. The average Bonchev–Trinajstić information content (AvgIpc) is 2.67. The first kappa shape index (κ1) is 12.6. The quantitative estimate of drug-likeness (QED) is 0.896. The molecule has 2 heteroatoms. The highest BCUT2D eigenvalue weighted by molar-refractivity contribution is 5.91. The van der Waals surface area contributed by atoms with Crippen LogP contribution in [0.25, 0.3) is 10.8 Å². The number of hydrogen-bond acceptors (Lipinski definition) is 2. The molecule has 0 saturated carbocycles. The summed E-state index contributed by atoms with van der Waals surface area (Å²) in [7, 11) is 0. The van der Waals surface area contributed by atoms with Gasteiger partial charge in [-0.3, -0.25) is 0 Å². The molecule has 2 aromatic rings. The predicted molar refractivity (Wildman–Crippen MR) is 77.1 cm³/mol. The molecule has 0 heterocycles. The number of hydrogen-bond donors (Lipinski definition) is 1. The summed E-state index contributed by atoms with van der Waals surface area (Å²) in [5.74, 6) is 0.622. The Bertz CT molecular complexity index is 584. The van der Waals surface area contributed by atoms with Crippen LogP contribution in [-0.4, -0.2) is 11.7 Å². The van der Waals surface area contributed by atoms with Crippen molar-refractivity contribution >= 4 is 10.8 Å². The van der Waals surface area contributed by atoms with Crippen molar-refractivity contribution < 1.29 is 9.84 Å². The smallest absolute Gasteiger partial charge is 0.113 e. The van der Waals surface area contributed by atoms with Gasteiger partial charge in [0.05, 0.1) is 0 Å². The molecule has 3 rings (SSSR count). The first-order valence-corrected chi connectivity index (χ1v) is 6.99. The third-order valence-electron chi connectivity index (χ3n) is 3.87. The first-order chi connectivity index (χ1) is 9.18. The summed E-state index contributed by atoms with van der Waals surface area (Å²) in [6.45, 7) is 5.07. The Kier molecular flexibility index (Phi) is 3.29. The summed E-state index contributed by atoms with van der Waals surface area (Å²) in [4.78, 5) is 0. The van der Waals surface area contributed by atoms with Crippen LogP contribution >= 0.6 is 0 Å². The molecule has 2 nitrogen and oxygen atoms in total. The van der Waals surface area contributed by atoms with Gasteiger partial charge in [0.1, 0.15) is 12.2 Å². The van der Waals surface area contributed by atoms with Crippen molar-refractivity contribution in [3.8, 4) is 0 Å². The maximum absolute atomic E-state index is 10.5. The van der Waals surface area contributed by atoms with E-state index in [0.29, 0.717) is 12.5 Å². The summed E-state index contributed by atoms with van der Waals surface area (Å²) in [6, 6.07) is 12.3. The normalized spacial score (nSPS) is 21.5. The summed E-state index contributed by atoms with van der Waals surface area (Å²) in [5.41, 5.74) is 2.13. The topological polar surface area (TPSA) is 29.5 Å². The molecule has 2 atom stereocenters. The van der Waals surface area contributed by atoms with E-state index in [1.54, 1.807) is 0 Å². The lowest BCUT2D eigenvalue weighted by atomic mass is 10.1. The molecule has 0 aliphatic heterocycles. The Balaban J connectivity index is 1.92. The lowest BCUT2D eigenvalue weighted by Crippen LogP contribution is -2.11. The maximum Gasteiger partial charge on any atom is 0.113 e. The van der Waals surface area contributed by atoms with Crippen LogP contribution in [0.2, 0.25) is 0 Å². The molecular formula is C17H20O2. The van der Waals surface area contributed by atoms with Crippen LogP contribution < -0.4 is 0 Å². The second kappa shape index (κ2) is 4.95. The molecule has 19 heavy (non-hydrogen) atoms. The van der Waals surface area contributed by atoms with Gasteiger partial charge in [0, 0.05) is 6.61 Å². The Morgan fingerprint density at radius 3 is 2.47 bits per heavy atom. The third kappa shape index (κ3) is 2.15. The Labute approximate surface area is 114 Å². The molecule has 0 fully saturated rings. The second-order valence-electron chi connectivity index (χ2n) is 5.71. The number of aliphatic hydroxyl groups is 1. The molecule has 0 unspecified atom stereocenters. The van der Waals surface area contributed by atoms with Crippen LogP contribution in [0.15, 0.2) is 36.4 Å². The second-order valence-corrected chi connectivity index (χ2v) is 5.71. The minimum absolute atomic E-state index is 0.208. The molecule has 0 amide bonds. The summed E-state index contributed by atoms with van der Waals surface area (Å²) >= 11 is 0. The monoisotopic (exact) mass is 256 g/mol. The van der Waals surface area contributed by atoms with E-state index in [0.717, 1.165) is 17.5 Å². The van der Waals surface area contributed by atoms with E-state index in [9.17, 15) is 5.11 Å². The van der Waals surface area contributed by atoms with Crippen molar-refractivity contribution in [1.82, 2.24) is 0 Å². The zero-order chi connectivity index (χ0) is 13.4. The van der Waals surface area contributed by atoms with Crippen molar-refractivity contribution in [3.63, 3.8) is 0 Å². The standard InChI is InChI=1S/C17H20O2/c1-11(2)9-10-19-17-14-8-4-6-12-5-3-7-13(15(12)14)16(17)18/h3-8,11,16-18H,9-10H2,1-2H3/t16-,17-/m0/s1. The van der Waals surface area contributed by atoms with Crippen molar-refractivity contribution in [2.45, 2.75) is 32.5 Å². The fourth-order valence-corrected chi connectivity index (χ4v) is 2.83. The number of aliphatic hydroxyl groups excluding tert-OH is 1. The van der Waals surface area contributed by atoms with Crippen LogP contribution in [0.3, 0.4) is 0 Å². The van der Waals surface area contributed by atoms with Crippen LogP contribution in [0.5, 0.6) is 0 Å². The minimum atomic E-state index is -0.534. The Hall–Kier alpha value is -1.38. The van der Waals surface area contributed by atoms with E-state index in [4.69, 9.17) is 4.74 Å². The molecule has 1 N–H and O–H groups in total. The van der Waals surface area contributed by atoms with Crippen molar-refractivity contribution in [2.24, 2.45) is 5.92 Å². The number of benzene rings is 2. The molecule has 0 saturated heterocycles. The molecule has 1 aliphatic carbocycles. The fraction of sp³-hybridized carbons (Fsp3) is 0.412. The molecule has 2 aromatic carbocycles. The molecule has 1 aliphatic rings. The number of rotatable bonds is 4. The summed E-state index contributed by atoms with van der Waals surface area (Å²) < 4.78 is 5.95. The van der Waals surface area contributed by atoms with E-state index in [2.05, 4.69) is 32.0 Å². The van der Waals surface area contributed by atoms with E-state index in [1.165, 1.54) is 10.8 Å². The van der Waals surface area contributed by atoms with Crippen LogP contribution in [0, 0.1) is 5.92 Å². The first-order valence-electron chi connectivity index (χ1n) is 6.99. The minimum Gasteiger partial charge on any atom is -0.385 e. The highest BCUT2D eigenvalue weighted by Gasteiger charge is 2.33. The van der Waals surface area contributed by atoms with Gasteiger partial charge in [-0.05, 0) is 34.2 Å². The average molecular weight is 256 g/mol. The van der Waals surface area contributed by atoms with E-state index >= 15 is 0 Å². The van der Waals surface area contributed by atoms with Gasteiger partial charge in [-0.25, -0.2) is 0 Å². The van der Waals surface area contributed by atoms with E-state index in [1.807, 2.05) is 18.2 Å². The Morgan fingerprint density at radius 2 is 1.79 bits per heavy atom. The van der Waals surface area contributed by atoms with Gasteiger partial charge in [-0.15, -0.1) is 0 Å². The zero-order valence-electron chi connectivity index (χ0n) is 11.5. The lowest BCUT2D eigenvalue weighted by molar-refractivity contribution is -0.0380. The Morgan fingerprint density at radius 1 is 1.11 bits per heavy atom. The third-order valence-corrected chi connectivity index (χ3v) is 3.87. The molecule has 0 bridgehead atoms. The van der Waals surface area contributed by atoms with Crippen LogP contribution in [0.4, 0.5) is 0 Å². The predicted octanol–water partition coefficient (Wildman–Crippen LogP) is 3.99. The zero-order valence-corrected chi connectivity index (χ0v) is 11.5. The highest BCUT2D eigenvalue weighted by Crippen LogP contribution is 2.45. The van der Waals surface area contributed by atoms with Gasteiger partial charge < -0.3 is 9.84 Å². The number of ether oxygens (including phenoxy) is 1. The maximum atomic E-state index is 10.5. The summed E-state index contributed by atoms with van der Waals surface area (Å²) in [6.07, 6.45) is 0.281. The van der Waals surface area contributed by atoms with Crippen molar-refractivity contribution in [1.29, 1.82) is 0 Å². The van der Waals surface area contributed by atoms with Gasteiger partial charge >= 0.3 is 0 Å². The van der Waals surface area contributed by atoms with Gasteiger partial charge in [0.25, 0.3) is 0 Å². The van der Waals surface area contributed by atoms with Crippen LogP contribution in [-0.2, 0) is 4.74 Å².